The molecule has 2 rings (SSSR count). The first-order valence-electron chi connectivity index (χ1n) is 5.90. The molecule has 0 aliphatic heterocycles. The van der Waals surface area contributed by atoms with Crippen LogP contribution in [0.2, 0.25) is 0 Å². The van der Waals surface area contributed by atoms with Gasteiger partial charge < -0.3 is 5.73 Å². The molecule has 0 bridgehead atoms. The van der Waals surface area contributed by atoms with Gasteiger partial charge in [-0.05, 0) is 44.2 Å². The zero-order chi connectivity index (χ0) is 11.8. The molecule has 0 atom stereocenters. The maximum atomic E-state index is 12.1. The van der Waals surface area contributed by atoms with Crippen molar-refractivity contribution in [2.24, 2.45) is 5.73 Å². The lowest BCUT2D eigenvalue weighted by molar-refractivity contribution is 0.0911. The summed E-state index contributed by atoms with van der Waals surface area (Å²) in [5.74, 6) is 0.198. The van der Waals surface area contributed by atoms with Crippen LogP contribution in [0.1, 0.15) is 47.2 Å². The number of hydrogen-bond donors (Lipinski definition) is 1. The highest BCUT2D eigenvalue weighted by Gasteiger charge is 2.35. The zero-order valence-electron chi connectivity index (χ0n) is 10.0. The largest absolute Gasteiger partial charge is 0.325 e. The van der Waals surface area contributed by atoms with Gasteiger partial charge in [0, 0.05) is 17.5 Å². The molecule has 0 spiro atoms. The quantitative estimate of drug-likeness (QED) is 0.791. The number of aryl methyl sites for hydroxylation is 1. The van der Waals surface area contributed by atoms with Crippen molar-refractivity contribution >= 4 is 5.78 Å². The summed E-state index contributed by atoms with van der Waals surface area (Å²) < 4.78 is 0. The number of nitrogens with two attached hydrogens (primary N) is 1. The standard InChI is InChI=1S/C14H19NO/c1-10-5-3-6-12(11(10)2)13(16)9-14(15)7-4-8-14/h3,5-6H,4,7-9,15H2,1-2H3. The van der Waals surface area contributed by atoms with E-state index in [4.69, 9.17) is 5.73 Å². The molecule has 1 aliphatic carbocycles. The number of carbonyl (C=O) groups is 1. The van der Waals surface area contributed by atoms with E-state index >= 15 is 0 Å². The summed E-state index contributed by atoms with van der Waals surface area (Å²) in [6.45, 7) is 4.04. The van der Waals surface area contributed by atoms with Crippen molar-refractivity contribution in [1.29, 1.82) is 0 Å². The summed E-state index contributed by atoms with van der Waals surface area (Å²) in [7, 11) is 0. The van der Waals surface area contributed by atoms with Crippen LogP contribution >= 0.6 is 0 Å². The van der Waals surface area contributed by atoms with Crippen LogP contribution in [-0.2, 0) is 0 Å². The van der Waals surface area contributed by atoms with Gasteiger partial charge in [-0.3, -0.25) is 4.79 Å². The van der Waals surface area contributed by atoms with E-state index < -0.39 is 0 Å². The number of ketones is 1. The Balaban J connectivity index is 2.17. The molecule has 0 heterocycles. The predicted octanol–water partition coefficient (Wildman–Crippen LogP) is 2.76. The number of benzene rings is 1. The molecule has 0 unspecified atom stereocenters. The van der Waals surface area contributed by atoms with Crippen LogP contribution in [0.25, 0.3) is 0 Å². The Morgan fingerprint density at radius 3 is 2.62 bits per heavy atom. The maximum absolute atomic E-state index is 12.1. The Kier molecular flexibility index (Phi) is 2.85. The Bertz CT molecular complexity index is 419. The molecule has 0 saturated heterocycles. The van der Waals surface area contributed by atoms with Crippen molar-refractivity contribution in [2.45, 2.75) is 45.1 Å². The van der Waals surface area contributed by atoms with Gasteiger partial charge in [0.1, 0.15) is 0 Å². The smallest absolute Gasteiger partial charge is 0.164 e. The van der Waals surface area contributed by atoms with Gasteiger partial charge >= 0.3 is 0 Å². The Hall–Kier alpha value is -1.15. The average molecular weight is 217 g/mol. The third-order valence-electron chi connectivity index (χ3n) is 3.77. The second-order valence-electron chi connectivity index (χ2n) is 5.06. The molecule has 1 fully saturated rings. The minimum Gasteiger partial charge on any atom is -0.325 e. The highest BCUT2D eigenvalue weighted by atomic mass is 16.1. The summed E-state index contributed by atoms with van der Waals surface area (Å²) >= 11 is 0. The van der Waals surface area contributed by atoms with Gasteiger partial charge in [0.25, 0.3) is 0 Å². The molecule has 1 aromatic rings. The Morgan fingerprint density at radius 2 is 2.06 bits per heavy atom. The molecule has 86 valence electrons. The molecule has 0 aromatic heterocycles. The molecule has 0 radical (unpaired) electrons. The lowest BCUT2D eigenvalue weighted by Crippen LogP contribution is -2.48. The summed E-state index contributed by atoms with van der Waals surface area (Å²) in [5.41, 5.74) is 9.00. The summed E-state index contributed by atoms with van der Waals surface area (Å²) in [4.78, 5) is 12.1. The first kappa shape index (κ1) is 11.3. The molecule has 2 heteroatoms. The number of carbonyl (C=O) groups excluding carboxylic acids is 1. The van der Waals surface area contributed by atoms with Crippen molar-refractivity contribution in [3.8, 4) is 0 Å². The van der Waals surface area contributed by atoms with E-state index in [2.05, 4.69) is 0 Å². The van der Waals surface area contributed by atoms with Gasteiger partial charge in [0.05, 0.1) is 0 Å². The highest BCUT2D eigenvalue weighted by Crippen LogP contribution is 2.33. The second-order valence-corrected chi connectivity index (χ2v) is 5.06. The average Bonchev–Trinajstić information content (AvgIpc) is 2.19. The molecule has 2 N–H and O–H groups in total. The summed E-state index contributed by atoms with van der Waals surface area (Å²) in [6.07, 6.45) is 3.64. The van der Waals surface area contributed by atoms with Crippen molar-refractivity contribution in [1.82, 2.24) is 0 Å². The van der Waals surface area contributed by atoms with Gasteiger partial charge in [-0.1, -0.05) is 18.2 Å². The van der Waals surface area contributed by atoms with Crippen LogP contribution in [0.15, 0.2) is 18.2 Å². The molecule has 0 amide bonds. The topological polar surface area (TPSA) is 43.1 Å². The van der Waals surface area contributed by atoms with Crippen molar-refractivity contribution in [2.75, 3.05) is 0 Å². The third-order valence-corrected chi connectivity index (χ3v) is 3.77. The number of hydrogen-bond acceptors (Lipinski definition) is 2. The normalized spacial score (nSPS) is 17.9. The van der Waals surface area contributed by atoms with Crippen LogP contribution in [0.4, 0.5) is 0 Å². The lowest BCUT2D eigenvalue weighted by Gasteiger charge is -2.37. The second kappa shape index (κ2) is 4.02. The van der Waals surface area contributed by atoms with Crippen LogP contribution in [0, 0.1) is 13.8 Å². The fraction of sp³-hybridized carbons (Fsp3) is 0.500. The minimum atomic E-state index is -0.215. The van der Waals surface area contributed by atoms with Crippen molar-refractivity contribution in [3.63, 3.8) is 0 Å². The van der Waals surface area contributed by atoms with Crippen molar-refractivity contribution < 1.29 is 4.79 Å². The molecule has 2 nitrogen and oxygen atoms in total. The summed E-state index contributed by atoms with van der Waals surface area (Å²) in [6, 6.07) is 5.89. The predicted molar refractivity (Wildman–Crippen MR) is 65.6 cm³/mol. The zero-order valence-corrected chi connectivity index (χ0v) is 10.0. The lowest BCUT2D eigenvalue weighted by atomic mass is 9.73. The number of rotatable bonds is 3. The Morgan fingerprint density at radius 1 is 1.38 bits per heavy atom. The maximum Gasteiger partial charge on any atom is 0.164 e. The van der Waals surface area contributed by atoms with Gasteiger partial charge in [0.2, 0.25) is 0 Å². The van der Waals surface area contributed by atoms with E-state index in [1.54, 1.807) is 0 Å². The van der Waals surface area contributed by atoms with E-state index in [1.165, 1.54) is 5.56 Å². The molecular formula is C14H19NO. The van der Waals surface area contributed by atoms with Gasteiger partial charge in [-0.25, -0.2) is 0 Å². The van der Waals surface area contributed by atoms with Crippen LogP contribution in [0.3, 0.4) is 0 Å². The molecule has 1 saturated carbocycles. The molecule has 16 heavy (non-hydrogen) atoms. The molecule has 1 aliphatic rings. The van der Waals surface area contributed by atoms with Crippen LogP contribution in [-0.4, -0.2) is 11.3 Å². The molecule has 1 aromatic carbocycles. The van der Waals surface area contributed by atoms with E-state index in [9.17, 15) is 4.79 Å². The van der Waals surface area contributed by atoms with Crippen LogP contribution in [0.5, 0.6) is 0 Å². The van der Waals surface area contributed by atoms with E-state index in [-0.39, 0.29) is 11.3 Å². The third kappa shape index (κ3) is 2.03. The van der Waals surface area contributed by atoms with E-state index in [0.29, 0.717) is 6.42 Å². The SMILES string of the molecule is Cc1cccc(C(=O)CC2(N)CCC2)c1C. The molecular weight excluding hydrogens is 198 g/mol. The van der Waals surface area contributed by atoms with Gasteiger partial charge in [-0.2, -0.15) is 0 Å². The fourth-order valence-corrected chi connectivity index (χ4v) is 2.28. The van der Waals surface area contributed by atoms with E-state index in [1.807, 2.05) is 32.0 Å². The minimum absolute atomic E-state index is 0.198. The van der Waals surface area contributed by atoms with Crippen molar-refractivity contribution in [3.05, 3.63) is 34.9 Å². The van der Waals surface area contributed by atoms with E-state index in [0.717, 1.165) is 30.4 Å². The monoisotopic (exact) mass is 217 g/mol. The highest BCUT2D eigenvalue weighted by molar-refractivity contribution is 5.98. The number of Topliss-reactive ketones (excluding diaryl/α,β-unsaturated/α-hetero) is 1. The Labute approximate surface area is 96.8 Å². The first-order valence-corrected chi connectivity index (χ1v) is 5.90. The fourth-order valence-electron chi connectivity index (χ4n) is 2.28. The van der Waals surface area contributed by atoms with Gasteiger partial charge in [0.15, 0.2) is 5.78 Å². The first-order chi connectivity index (χ1) is 7.52. The van der Waals surface area contributed by atoms with Gasteiger partial charge in [-0.15, -0.1) is 0 Å². The summed E-state index contributed by atoms with van der Waals surface area (Å²) in [5, 5.41) is 0. The van der Waals surface area contributed by atoms with Crippen LogP contribution < -0.4 is 5.73 Å².